The van der Waals surface area contributed by atoms with Crippen LogP contribution in [-0.2, 0) is 16.6 Å². The summed E-state index contributed by atoms with van der Waals surface area (Å²) in [4.78, 5) is 0.280. The molecule has 0 aliphatic carbocycles. The van der Waals surface area contributed by atoms with Gasteiger partial charge in [0.1, 0.15) is 12.4 Å². The standard InChI is InChI=1S/C26H19NO3S/c1-17-10-12-19(13-11-17)31(28,29)27-24-8-4-2-6-20(24)23-14-18-16-30-26-9-5-3-7-21(26)22(18)15-25(23)27/h2-15H,16H2,1H3. The predicted molar refractivity (Wildman–Crippen MR) is 123 cm³/mol. The summed E-state index contributed by atoms with van der Waals surface area (Å²) in [6, 6.07) is 26.6. The van der Waals surface area contributed by atoms with Gasteiger partial charge in [-0.25, -0.2) is 12.4 Å². The molecule has 0 bridgehead atoms. The van der Waals surface area contributed by atoms with Crippen molar-refractivity contribution in [3.05, 3.63) is 96.1 Å². The lowest BCUT2D eigenvalue weighted by Crippen LogP contribution is -2.13. The minimum atomic E-state index is -3.78. The van der Waals surface area contributed by atoms with Crippen LogP contribution in [0.5, 0.6) is 5.75 Å². The third-order valence-electron chi connectivity index (χ3n) is 5.97. The van der Waals surface area contributed by atoms with Gasteiger partial charge in [-0.15, -0.1) is 0 Å². The van der Waals surface area contributed by atoms with E-state index in [0.29, 0.717) is 17.6 Å². The highest BCUT2D eigenvalue weighted by molar-refractivity contribution is 7.90. The number of nitrogens with zero attached hydrogens (tertiary/aromatic N) is 1. The molecule has 0 spiro atoms. The topological polar surface area (TPSA) is 48.3 Å². The van der Waals surface area contributed by atoms with E-state index in [1.54, 1.807) is 12.1 Å². The summed E-state index contributed by atoms with van der Waals surface area (Å²) in [6.07, 6.45) is 0. The summed E-state index contributed by atoms with van der Waals surface area (Å²) in [5.41, 5.74) is 5.42. The highest BCUT2D eigenvalue weighted by atomic mass is 32.2. The van der Waals surface area contributed by atoms with E-state index >= 15 is 0 Å². The van der Waals surface area contributed by atoms with Crippen molar-refractivity contribution in [3.8, 4) is 16.9 Å². The molecule has 152 valence electrons. The van der Waals surface area contributed by atoms with Gasteiger partial charge in [0.25, 0.3) is 10.0 Å². The van der Waals surface area contributed by atoms with Crippen molar-refractivity contribution in [2.75, 3.05) is 0 Å². The highest BCUT2D eigenvalue weighted by Crippen LogP contribution is 2.42. The van der Waals surface area contributed by atoms with Gasteiger partial charge in [0.05, 0.1) is 15.9 Å². The van der Waals surface area contributed by atoms with Gasteiger partial charge in [-0.1, -0.05) is 54.1 Å². The van der Waals surface area contributed by atoms with Gasteiger partial charge in [-0.3, -0.25) is 0 Å². The van der Waals surface area contributed by atoms with Crippen LogP contribution in [-0.4, -0.2) is 12.4 Å². The molecule has 1 aromatic heterocycles. The average Bonchev–Trinajstić information content (AvgIpc) is 3.12. The van der Waals surface area contributed by atoms with Gasteiger partial charge < -0.3 is 4.74 Å². The zero-order valence-corrected chi connectivity index (χ0v) is 17.7. The molecule has 0 N–H and O–H groups in total. The molecular weight excluding hydrogens is 406 g/mol. The molecule has 4 aromatic carbocycles. The number of hydrogen-bond donors (Lipinski definition) is 0. The largest absolute Gasteiger partial charge is 0.488 e. The molecule has 5 aromatic rings. The molecule has 31 heavy (non-hydrogen) atoms. The van der Waals surface area contributed by atoms with Crippen molar-refractivity contribution >= 4 is 31.8 Å². The first-order valence-electron chi connectivity index (χ1n) is 10.1. The van der Waals surface area contributed by atoms with Crippen LogP contribution in [0.15, 0.2) is 89.8 Å². The first-order valence-corrected chi connectivity index (χ1v) is 11.6. The van der Waals surface area contributed by atoms with E-state index in [4.69, 9.17) is 4.74 Å². The van der Waals surface area contributed by atoms with Gasteiger partial charge in [-0.05, 0) is 54.4 Å². The zero-order valence-electron chi connectivity index (χ0n) is 16.9. The van der Waals surface area contributed by atoms with Crippen LogP contribution in [0.25, 0.3) is 32.9 Å². The number of para-hydroxylation sites is 2. The second-order valence-electron chi connectivity index (χ2n) is 7.91. The van der Waals surface area contributed by atoms with E-state index < -0.39 is 10.0 Å². The summed E-state index contributed by atoms with van der Waals surface area (Å²) in [5.74, 6) is 0.818. The first kappa shape index (κ1) is 18.2. The van der Waals surface area contributed by atoms with Gasteiger partial charge in [0.2, 0.25) is 0 Å². The van der Waals surface area contributed by atoms with Crippen molar-refractivity contribution in [3.63, 3.8) is 0 Å². The van der Waals surface area contributed by atoms with Gasteiger partial charge >= 0.3 is 0 Å². The van der Waals surface area contributed by atoms with Crippen molar-refractivity contribution in [1.82, 2.24) is 3.97 Å². The average molecular weight is 426 g/mol. The Morgan fingerprint density at radius 3 is 2.35 bits per heavy atom. The molecule has 2 heterocycles. The molecule has 6 rings (SSSR count). The summed E-state index contributed by atoms with van der Waals surface area (Å²) in [6.45, 7) is 2.41. The fourth-order valence-electron chi connectivity index (χ4n) is 4.44. The van der Waals surface area contributed by atoms with Crippen molar-refractivity contribution in [2.45, 2.75) is 18.4 Å². The Hall–Kier alpha value is -3.57. The maximum atomic E-state index is 13.8. The lowest BCUT2D eigenvalue weighted by Gasteiger charge is -2.21. The second kappa shape index (κ2) is 6.46. The van der Waals surface area contributed by atoms with E-state index in [-0.39, 0.29) is 4.90 Å². The van der Waals surface area contributed by atoms with Crippen LogP contribution in [0.2, 0.25) is 0 Å². The summed E-state index contributed by atoms with van der Waals surface area (Å²) >= 11 is 0. The Morgan fingerprint density at radius 2 is 1.52 bits per heavy atom. The quantitative estimate of drug-likeness (QED) is 0.354. The maximum absolute atomic E-state index is 13.8. The predicted octanol–water partition coefficient (Wildman–Crippen LogP) is 5.90. The summed E-state index contributed by atoms with van der Waals surface area (Å²) in [7, 11) is -3.78. The van der Waals surface area contributed by atoms with E-state index in [0.717, 1.165) is 38.8 Å². The smallest absolute Gasteiger partial charge is 0.268 e. The Labute approximate surface area is 180 Å². The number of fused-ring (bicyclic) bond motifs is 6. The van der Waals surface area contributed by atoms with Crippen molar-refractivity contribution < 1.29 is 13.2 Å². The number of rotatable bonds is 2. The molecule has 0 fully saturated rings. The molecule has 0 saturated heterocycles. The number of benzene rings is 4. The van der Waals surface area contributed by atoms with Gasteiger partial charge in [0, 0.05) is 16.3 Å². The van der Waals surface area contributed by atoms with Crippen LogP contribution >= 0.6 is 0 Å². The van der Waals surface area contributed by atoms with Crippen LogP contribution in [0.4, 0.5) is 0 Å². The molecule has 0 saturated carbocycles. The molecule has 0 atom stereocenters. The third kappa shape index (κ3) is 2.63. The van der Waals surface area contributed by atoms with E-state index in [1.807, 2.05) is 73.7 Å². The van der Waals surface area contributed by atoms with Crippen LogP contribution in [0.3, 0.4) is 0 Å². The van der Waals surface area contributed by atoms with Gasteiger partial charge in [-0.2, -0.15) is 0 Å². The first-order chi connectivity index (χ1) is 15.0. The molecule has 5 heteroatoms. The van der Waals surface area contributed by atoms with Crippen molar-refractivity contribution in [2.24, 2.45) is 0 Å². The maximum Gasteiger partial charge on any atom is 0.268 e. The number of aromatic nitrogens is 1. The van der Waals surface area contributed by atoms with E-state index in [2.05, 4.69) is 6.07 Å². The van der Waals surface area contributed by atoms with E-state index in [1.165, 1.54) is 3.97 Å². The Morgan fingerprint density at radius 1 is 0.774 bits per heavy atom. The normalized spacial score (nSPS) is 13.1. The summed E-state index contributed by atoms with van der Waals surface area (Å²) < 4.78 is 35.0. The monoisotopic (exact) mass is 425 g/mol. The van der Waals surface area contributed by atoms with Crippen LogP contribution in [0, 0.1) is 6.92 Å². The third-order valence-corrected chi connectivity index (χ3v) is 7.71. The molecule has 1 aliphatic heterocycles. The zero-order chi connectivity index (χ0) is 21.2. The fraction of sp³-hybridized carbons (Fsp3) is 0.0769. The Kier molecular flexibility index (Phi) is 3.80. The Bertz CT molecular complexity index is 1600. The number of ether oxygens (including phenoxy) is 1. The highest BCUT2D eigenvalue weighted by Gasteiger charge is 2.26. The fourth-order valence-corrected chi connectivity index (χ4v) is 5.96. The van der Waals surface area contributed by atoms with Crippen molar-refractivity contribution in [1.29, 1.82) is 0 Å². The molecular formula is C26H19NO3S. The SMILES string of the molecule is Cc1ccc(S(=O)(=O)n2c3ccccc3c3cc4c(cc32)-c2ccccc2OC4)cc1. The van der Waals surface area contributed by atoms with E-state index in [9.17, 15) is 8.42 Å². The minimum Gasteiger partial charge on any atom is -0.488 e. The lowest BCUT2D eigenvalue weighted by atomic mass is 9.95. The Balaban J connectivity index is 1.72. The molecule has 0 amide bonds. The van der Waals surface area contributed by atoms with Crippen LogP contribution in [0.1, 0.15) is 11.1 Å². The molecule has 0 unspecified atom stereocenters. The lowest BCUT2D eigenvalue weighted by molar-refractivity contribution is 0.302. The second-order valence-corrected chi connectivity index (χ2v) is 9.70. The van der Waals surface area contributed by atoms with Crippen LogP contribution < -0.4 is 4.74 Å². The minimum absolute atomic E-state index is 0.280. The molecule has 0 radical (unpaired) electrons. The summed E-state index contributed by atoms with van der Waals surface area (Å²) in [5, 5.41) is 1.82. The molecule has 1 aliphatic rings. The molecule has 4 nitrogen and oxygen atoms in total. The number of hydrogen-bond acceptors (Lipinski definition) is 3. The van der Waals surface area contributed by atoms with Gasteiger partial charge in [0.15, 0.2) is 0 Å². The number of aryl methyl sites for hydroxylation is 1.